The van der Waals surface area contributed by atoms with Gasteiger partial charge in [-0.15, -0.1) is 5.10 Å². The summed E-state index contributed by atoms with van der Waals surface area (Å²) in [7, 11) is 7.12. The van der Waals surface area contributed by atoms with E-state index in [0.717, 1.165) is 29.5 Å². The number of anilines is 2. The molecule has 1 saturated carbocycles. The Labute approximate surface area is 222 Å². The van der Waals surface area contributed by atoms with Crippen molar-refractivity contribution in [1.82, 2.24) is 25.0 Å². The number of fused-ring (bicyclic) bond motifs is 1. The third-order valence-electron chi connectivity index (χ3n) is 6.45. The molecule has 8 nitrogen and oxygen atoms in total. The fourth-order valence-electron chi connectivity index (χ4n) is 4.33. The minimum atomic E-state index is -1.23. The molecule has 2 radical (unpaired) electrons. The minimum absolute atomic E-state index is 0.000390. The first-order chi connectivity index (χ1) is 17.6. The molecule has 1 atom stereocenters. The molecule has 0 aliphatic heterocycles. The van der Waals surface area contributed by atoms with Crippen molar-refractivity contribution in [3.8, 4) is 6.07 Å². The Morgan fingerprint density at radius 2 is 2.03 bits per heavy atom. The van der Waals surface area contributed by atoms with Crippen LogP contribution in [0.2, 0.25) is 5.02 Å². The molecule has 1 aromatic carbocycles. The maximum atomic E-state index is 9.79. The topological polar surface area (TPSA) is 104 Å². The van der Waals surface area contributed by atoms with Crippen molar-refractivity contribution >= 4 is 41.7 Å². The highest BCUT2D eigenvalue weighted by molar-refractivity contribution is 6.36. The van der Waals surface area contributed by atoms with Gasteiger partial charge in [-0.2, -0.15) is 5.26 Å². The smallest absolute Gasteiger partial charge is 0.119 e. The van der Waals surface area contributed by atoms with E-state index in [-0.39, 0.29) is 5.41 Å². The molecule has 1 fully saturated rings. The molecule has 1 aliphatic rings. The van der Waals surface area contributed by atoms with Gasteiger partial charge in [0.15, 0.2) is 0 Å². The Morgan fingerprint density at radius 3 is 2.70 bits per heavy atom. The van der Waals surface area contributed by atoms with Crippen LogP contribution < -0.4 is 10.6 Å². The predicted molar refractivity (Wildman–Crippen MR) is 147 cm³/mol. The number of nitrogens with zero attached hydrogens (tertiary/aromatic N) is 6. The lowest BCUT2D eigenvalue weighted by Gasteiger charge is -2.32. The molecule has 5 rings (SSSR count). The lowest BCUT2D eigenvalue weighted by Crippen LogP contribution is -2.38. The number of halogens is 1. The molecule has 0 saturated heterocycles. The van der Waals surface area contributed by atoms with E-state index in [1.54, 1.807) is 18.5 Å². The van der Waals surface area contributed by atoms with Gasteiger partial charge in [0.05, 0.1) is 39.5 Å². The summed E-state index contributed by atoms with van der Waals surface area (Å²) in [5.74, 6) is 0. The summed E-state index contributed by atoms with van der Waals surface area (Å²) >= 11 is 6.73. The van der Waals surface area contributed by atoms with Crippen molar-refractivity contribution in [2.45, 2.75) is 52.0 Å². The summed E-state index contributed by atoms with van der Waals surface area (Å²) in [6.07, 6.45) is 7.34. The van der Waals surface area contributed by atoms with Crippen molar-refractivity contribution < 1.29 is 0 Å². The number of nitriles is 1. The summed E-state index contributed by atoms with van der Waals surface area (Å²) in [4.78, 5) is 8.93. The molecule has 10 heteroatoms. The van der Waals surface area contributed by atoms with E-state index in [1.807, 2.05) is 36.0 Å². The SMILES string of the molecule is [B]C(Nc1cc(Cl)c2ncc(C#N)c(NCC(C)(C)C)c2c1)(c1cn(C2CC2)nn1)c1cccnc1C. The zero-order chi connectivity index (χ0) is 26.4. The molecule has 0 amide bonds. The number of hydrogen-bond acceptors (Lipinski definition) is 7. The monoisotopic (exact) mass is 510 g/mol. The minimum Gasteiger partial charge on any atom is -0.383 e. The maximum absolute atomic E-state index is 9.79. The predicted octanol–water partition coefficient (Wildman–Crippen LogP) is 5.33. The second-order valence-corrected chi connectivity index (χ2v) is 11.2. The van der Waals surface area contributed by atoms with Crippen molar-refractivity contribution in [2.75, 3.05) is 17.2 Å². The number of rotatable bonds is 7. The first kappa shape index (κ1) is 25.0. The molecule has 186 valence electrons. The Balaban J connectivity index is 1.64. The standard InChI is InChI=1S/C27H28BClN8/c1-16-21(6-5-9-31-16)27(28,23-14-37(36-35-23)19-7-8-19)34-18-10-20-24(33-15-26(2,3)4)17(12-30)13-32-25(20)22(29)11-18/h5-6,9-11,13-14,19,34H,7-8,15H2,1-4H3,(H,32,33). The van der Waals surface area contributed by atoms with E-state index in [1.165, 1.54) is 0 Å². The third-order valence-corrected chi connectivity index (χ3v) is 6.74. The molecule has 37 heavy (non-hydrogen) atoms. The molecule has 2 N–H and O–H groups in total. The van der Waals surface area contributed by atoms with E-state index in [4.69, 9.17) is 19.4 Å². The Bertz CT molecular complexity index is 1520. The van der Waals surface area contributed by atoms with Gasteiger partial charge in [-0.1, -0.05) is 43.7 Å². The van der Waals surface area contributed by atoms with Crippen LogP contribution in [0.15, 0.2) is 42.9 Å². The zero-order valence-electron chi connectivity index (χ0n) is 21.4. The zero-order valence-corrected chi connectivity index (χ0v) is 22.1. The number of benzene rings is 1. The first-order valence-electron chi connectivity index (χ1n) is 12.3. The Morgan fingerprint density at radius 1 is 1.24 bits per heavy atom. The van der Waals surface area contributed by atoms with Crippen LogP contribution in [0.3, 0.4) is 0 Å². The molecule has 1 unspecified atom stereocenters. The number of pyridine rings is 2. The second-order valence-electron chi connectivity index (χ2n) is 10.8. The fourth-order valence-corrected chi connectivity index (χ4v) is 4.60. The number of aromatic nitrogens is 5. The summed E-state index contributed by atoms with van der Waals surface area (Å²) in [5, 5.41) is 26.7. The molecule has 3 heterocycles. The van der Waals surface area contributed by atoms with E-state index in [9.17, 15) is 5.26 Å². The van der Waals surface area contributed by atoms with Crippen LogP contribution in [0.5, 0.6) is 0 Å². The molecular formula is C27H28BClN8. The van der Waals surface area contributed by atoms with Crippen LogP contribution in [-0.2, 0) is 5.44 Å². The highest BCUT2D eigenvalue weighted by Crippen LogP contribution is 2.39. The average molecular weight is 511 g/mol. The molecular weight excluding hydrogens is 483 g/mol. The van der Waals surface area contributed by atoms with Gasteiger partial charge in [-0.05, 0) is 48.9 Å². The largest absolute Gasteiger partial charge is 0.383 e. The highest BCUT2D eigenvalue weighted by atomic mass is 35.5. The summed E-state index contributed by atoms with van der Waals surface area (Å²) in [6, 6.07) is 10.1. The van der Waals surface area contributed by atoms with E-state index in [0.29, 0.717) is 45.8 Å². The van der Waals surface area contributed by atoms with Crippen molar-refractivity contribution in [3.05, 3.63) is 70.4 Å². The van der Waals surface area contributed by atoms with E-state index < -0.39 is 5.44 Å². The number of hydrogen-bond donors (Lipinski definition) is 2. The van der Waals surface area contributed by atoms with Gasteiger partial charge in [0, 0.05) is 35.7 Å². The van der Waals surface area contributed by atoms with Crippen LogP contribution in [0.25, 0.3) is 10.9 Å². The van der Waals surface area contributed by atoms with Gasteiger partial charge in [-0.3, -0.25) is 9.97 Å². The lowest BCUT2D eigenvalue weighted by molar-refractivity contribution is 0.443. The number of nitrogens with one attached hydrogen (secondary N) is 2. The summed E-state index contributed by atoms with van der Waals surface area (Å²) < 4.78 is 1.87. The fraction of sp³-hybridized carbons (Fsp3) is 0.370. The first-order valence-corrected chi connectivity index (χ1v) is 12.6. The quantitative estimate of drug-likeness (QED) is 0.324. The van der Waals surface area contributed by atoms with Gasteiger partial charge in [-0.25, -0.2) is 4.68 Å². The Kier molecular flexibility index (Phi) is 6.32. The number of aryl methyl sites for hydroxylation is 1. The third kappa shape index (κ3) is 4.99. The average Bonchev–Trinajstić information content (AvgIpc) is 3.57. The van der Waals surface area contributed by atoms with Crippen LogP contribution in [0.4, 0.5) is 11.4 Å². The van der Waals surface area contributed by atoms with Gasteiger partial charge in [0.2, 0.25) is 0 Å². The van der Waals surface area contributed by atoms with Crippen LogP contribution in [0.1, 0.15) is 62.2 Å². The maximum Gasteiger partial charge on any atom is 0.119 e. The summed E-state index contributed by atoms with van der Waals surface area (Å²) in [5.41, 5.74) is 3.26. The van der Waals surface area contributed by atoms with E-state index in [2.05, 4.69) is 57.8 Å². The normalized spacial score (nSPS) is 15.2. The van der Waals surface area contributed by atoms with Crippen LogP contribution in [-0.4, -0.2) is 39.4 Å². The van der Waals surface area contributed by atoms with Crippen molar-refractivity contribution in [2.24, 2.45) is 5.41 Å². The summed E-state index contributed by atoms with van der Waals surface area (Å²) in [6.45, 7) is 8.96. The van der Waals surface area contributed by atoms with Crippen molar-refractivity contribution in [1.29, 1.82) is 5.26 Å². The molecule has 4 aromatic rings. The van der Waals surface area contributed by atoms with Gasteiger partial charge in [0.25, 0.3) is 0 Å². The van der Waals surface area contributed by atoms with Crippen LogP contribution >= 0.6 is 11.6 Å². The molecule has 1 aliphatic carbocycles. The molecule has 0 bridgehead atoms. The van der Waals surface area contributed by atoms with Gasteiger partial charge < -0.3 is 10.6 Å². The van der Waals surface area contributed by atoms with Gasteiger partial charge >= 0.3 is 0 Å². The Hall–Kier alpha value is -3.64. The molecule has 3 aromatic heterocycles. The van der Waals surface area contributed by atoms with E-state index >= 15 is 0 Å². The lowest BCUT2D eigenvalue weighted by atomic mass is 9.69. The van der Waals surface area contributed by atoms with Crippen molar-refractivity contribution in [3.63, 3.8) is 0 Å². The molecule has 0 spiro atoms. The van der Waals surface area contributed by atoms with Gasteiger partial charge in [0.1, 0.15) is 19.6 Å². The van der Waals surface area contributed by atoms with Crippen LogP contribution in [0, 0.1) is 23.7 Å². The highest BCUT2D eigenvalue weighted by Gasteiger charge is 2.35. The second kappa shape index (κ2) is 9.35.